The summed E-state index contributed by atoms with van der Waals surface area (Å²) in [6.07, 6.45) is 0.684. The Morgan fingerprint density at radius 1 is 0.889 bits per heavy atom. The first-order valence-electron chi connectivity index (χ1n) is 8.08. The maximum absolute atomic E-state index is 11.8. The van der Waals surface area contributed by atoms with Crippen molar-refractivity contribution in [2.24, 2.45) is 0 Å². The molecular weight excluding hydrogens is 402 g/mol. The average Bonchev–Trinajstić information content (AvgIpc) is 3.19. The molecule has 13 nitrogen and oxygen atoms in total. The van der Waals surface area contributed by atoms with Crippen molar-refractivity contribution < 1.29 is 26.4 Å². The molecule has 0 radical (unpaired) electrons. The quantitative estimate of drug-likeness (QED) is 0.384. The molecule has 0 saturated carbocycles. The van der Waals surface area contributed by atoms with Crippen molar-refractivity contribution in [3.05, 3.63) is 0 Å². The molecule has 3 rings (SSSR count). The van der Waals surface area contributed by atoms with Crippen LogP contribution >= 0.6 is 0 Å². The van der Waals surface area contributed by atoms with E-state index < -0.39 is 43.8 Å². The van der Waals surface area contributed by atoms with Crippen LogP contribution in [0.3, 0.4) is 0 Å². The van der Waals surface area contributed by atoms with E-state index in [1.807, 2.05) is 0 Å². The summed E-state index contributed by atoms with van der Waals surface area (Å²) >= 11 is 0. The predicted octanol–water partition coefficient (Wildman–Crippen LogP) is -1.58. The van der Waals surface area contributed by atoms with Gasteiger partial charge in [0.15, 0.2) is 19.7 Å². The van der Waals surface area contributed by atoms with Gasteiger partial charge in [-0.15, -0.1) is 5.10 Å². The molecule has 0 unspecified atom stereocenters. The standard InChI is InChI=1S/C12H19N7O6S2/c20-11(13-7-1-3-26(22,23)5-7)16-9-15-10(19-18-9)17-12(21)14-8-2-4-27(24,25)6-8/h7-8H,1-6H2,(H5,13,14,15,16,17,18,19,20,21)/t7-,8+. The number of hydrogen-bond acceptors (Lipinski definition) is 8. The molecule has 15 heteroatoms. The number of aromatic nitrogens is 3. The van der Waals surface area contributed by atoms with E-state index in [2.05, 4.69) is 36.4 Å². The van der Waals surface area contributed by atoms with Crippen LogP contribution in [0.2, 0.25) is 0 Å². The highest BCUT2D eigenvalue weighted by Gasteiger charge is 2.30. The van der Waals surface area contributed by atoms with Crippen LogP contribution in [0.15, 0.2) is 0 Å². The molecule has 0 aliphatic carbocycles. The summed E-state index contributed by atoms with van der Waals surface area (Å²) in [5, 5.41) is 15.8. The third-order valence-electron chi connectivity index (χ3n) is 4.08. The zero-order valence-electron chi connectivity index (χ0n) is 14.1. The Morgan fingerprint density at radius 2 is 1.41 bits per heavy atom. The first-order valence-corrected chi connectivity index (χ1v) is 11.7. The molecule has 2 aliphatic heterocycles. The molecule has 150 valence electrons. The van der Waals surface area contributed by atoms with Crippen LogP contribution in [0.4, 0.5) is 21.5 Å². The molecule has 2 atom stereocenters. The Bertz CT molecular complexity index is 867. The van der Waals surface area contributed by atoms with E-state index in [4.69, 9.17) is 0 Å². The van der Waals surface area contributed by atoms with Crippen LogP contribution in [-0.4, -0.2) is 79.2 Å². The average molecular weight is 421 g/mol. The van der Waals surface area contributed by atoms with E-state index in [9.17, 15) is 26.4 Å². The molecule has 1 aromatic rings. The summed E-state index contributed by atoms with van der Waals surface area (Å²) in [6.45, 7) is 0. The fraction of sp³-hybridized carbons (Fsp3) is 0.667. The molecule has 5 N–H and O–H groups in total. The summed E-state index contributed by atoms with van der Waals surface area (Å²) in [4.78, 5) is 27.5. The smallest absolute Gasteiger partial charge is 0.321 e. The summed E-state index contributed by atoms with van der Waals surface area (Å²) in [5.74, 6) is -0.325. The number of nitrogens with zero attached hydrogens (tertiary/aromatic N) is 2. The number of aromatic amines is 1. The summed E-state index contributed by atoms with van der Waals surface area (Å²) < 4.78 is 45.5. The van der Waals surface area contributed by atoms with Gasteiger partial charge in [0.25, 0.3) is 5.95 Å². The van der Waals surface area contributed by atoms with E-state index in [0.29, 0.717) is 12.8 Å². The van der Waals surface area contributed by atoms with Crippen molar-refractivity contribution in [2.75, 3.05) is 33.6 Å². The Morgan fingerprint density at radius 3 is 1.89 bits per heavy atom. The molecule has 3 heterocycles. The maximum atomic E-state index is 11.8. The lowest BCUT2D eigenvalue weighted by atomic mass is 10.3. The van der Waals surface area contributed by atoms with Gasteiger partial charge < -0.3 is 10.6 Å². The number of carbonyl (C=O) groups is 2. The number of rotatable bonds is 4. The number of H-pyrrole nitrogens is 1. The van der Waals surface area contributed by atoms with Gasteiger partial charge in [0.05, 0.1) is 23.0 Å². The topological polar surface area (TPSA) is 192 Å². The monoisotopic (exact) mass is 421 g/mol. The van der Waals surface area contributed by atoms with Crippen LogP contribution in [-0.2, 0) is 19.7 Å². The lowest BCUT2D eigenvalue weighted by Gasteiger charge is -2.10. The number of carbonyl (C=O) groups excluding carboxylic acids is 2. The van der Waals surface area contributed by atoms with Crippen LogP contribution in [0.5, 0.6) is 0 Å². The SMILES string of the molecule is O=C(Nc1n[nH]c(NC(=O)N[C@H]2CCS(=O)(=O)C2)n1)N[C@@H]1CCS(=O)(=O)C1. The van der Waals surface area contributed by atoms with Crippen molar-refractivity contribution in [3.8, 4) is 0 Å². The molecule has 0 spiro atoms. The molecule has 4 amide bonds. The zero-order valence-corrected chi connectivity index (χ0v) is 15.7. The zero-order chi connectivity index (χ0) is 19.7. The second-order valence-corrected chi connectivity index (χ2v) is 10.9. The number of urea groups is 2. The molecule has 1 aromatic heterocycles. The highest BCUT2D eigenvalue weighted by atomic mass is 32.2. The molecule has 0 aromatic carbocycles. The highest BCUT2D eigenvalue weighted by molar-refractivity contribution is 7.91. The Hall–Kier alpha value is -2.42. The van der Waals surface area contributed by atoms with E-state index >= 15 is 0 Å². The van der Waals surface area contributed by atoms with Gasteiger partial charge in [-0.2, -0.15) is 4.98 Å². The lowest BCUT2D eigenvalue weighted by Crippen LogP contribution is -2.39. The fourth-order valence-electron chi connectivity index (χ4n) is 2.84. The highest BCUT2D eigenvalue weighted by Crippen LogP contribution is 2.12. The van der Waals surface area contributed by atoms with Gasteiger partial charge >= 0.3 is 12.1 Å². The van der Waals surface area contributed by atoms with Gasteiger partial charge in [-0.3, -0.25) is 10.6 Å². The van der Waals surface area contributed by atoms with Crippen molar-refractivity contribution in [1.29, 1.82) is 0 Å². The summed E-state index contributed by atoms with van der Waals surface area (Å²) in [7, 11) is -6.22. The minimum absolute atomic E-state index is 0.0318. The second kappa shape index (κ2) is 7.30. The number of amides is 4. The lowest BCUT2D eigenvalue weighted by molar-refractivity contribution is 0.248. The van der Waals surface area contributed by atoms with Gasteiger partial charge in [-0.25, -0.2) is 31.5 Å². The minimum atomic E-state index is -3.11. The third-order valence-corrected chi connectivity index (χ3v) is 7.61. The summed E-state index contributed by atoms with van der Waals surface area (Å²) in [6, 6.07) is -2.26. The molecular formula is C12H19N7O6S2. The van der Waals surface area contributed by atoms with E-state index in [0.717, 1.165) is 0 Å². The van der Waals surface area contributed by atoms with Crippen molar-refractivity contribution in [1.82, 2.24) is 25.8 Å². The minimum Gasteiger partial charge on any atom is -0.334 e. The molecule has 2 fully saturated rings. The van der Waals surface area contributed by atoms with Gasteiger partial charge in [0.2, 0.25) is 5.95 Å². The van der Waals surface area contributed by atoms with Gasteiger partial charge in [0, 0.05) is 12.1 Å². The van der Waals surface area contributed by atoms with Crippen LogP contribution in [0.1, 0.15) is 12.8 Å². The molecule has 2 saturated heterocycles. The van der Waals surface area contributed by atoms with Crippen LogP contribution in [0, 0.1) is 0 Å². The Labute approximate surface area is 154 Å². The first-order chi connectivity index (χ1) is 12.6. The molecule has 27 heavy (non-hydrogen) atoms. The van der Waals surface area contributed by atoms with Crippen LogP contribution in [0.25, 0.3) is 0 Å². The summed E-state index contributed by atoms with van der Waals surface area (Å²) in [5.41, 5.74) is 0. The number of sulfone groups is 2. The maximum Gasteiger partial charge on any atom is 0.321 e. The number of anilines is 2. The van der Waals surface area contributed by atoms with Crippen LogP contribution < -0.4 is 21.3 Å². The number of nitrogens with one attached hydrogen (secondary N) is 5. The largest absolute Gasteiger partial charge is 0.334 e. The van der Waals surface area contributed by atoms with Crippen molar-refractivity contribution in [2.45, 2.75) is 24.9 Å². The Balaban J connectivity index is 1.45. The van der Waals surface area contributed by atoms with E-state index in [1.165, 1.54) is 0 Å². The number of hydrogen-bond donors (Lipinski definition) is 5. The fourth-order valence-corrected chi connectivity index (χ4v) is 6.19. The predicted molar refractivity (Wildman–Crippen MR) is 94.8 cm³/mol. The normalized spacial score (nSPS) is 25.6. The van der Waals surface area contributed by atoms with Gasteiger partial charge in [0.1, 0.15) is 0 Å². The molecule has 0 bridgehead atoms. The second-order valence-electron chi connectivity index (χ2n) is 6.40. The van der Waals surface area contributed by atoms with Crippen molar-refractivity contribution in [3.63, 3.8) is 0 Å². The van der Waals surface area contributed by atoms with E-state index in [-0.39, 0.29) is 34.9 Å². The van der Waals surface area contributed by atoms with E-state index in [1.54, 1.807) is 0 Å². The molecule has 2 aliphatic rings. The third kappa shape index (κ3) is 5.53. The van der Waals surface area contributed by atoms with Gasteiger partial charge in [-0.1, -0.05) is 0 Å². The Kier molecular flexibility index (Phi) is 5.23. The first kappa shape index (κ1) is 19.3. The van der Waals surface area contributed by atoms with Gasteiger partial charge in [-0.05, 0) is 12.8 Å². The van der Waals surface area contributed by atoms with Crippen molar-refractivity contribution >= 4 is 43.6 Å².